The van der Waals surface area contributed by atoms with Gasteiger partial charge in [0.25, 0.3) is 0 Å². The quantitative estimate of drug-likeness (QED) is 0.0416. The Labute approximate surface area is 174 Å². The van der Waals surface area contributed by atoms with Crippen LogP contribution in [0.1, 0.15) is 0 Å². The van der Waals surface area contributed by atoms with E-state index >= 15 is 0 Å². The second-order valence-electron chi connectivity index (χ2n) is 3.20. The number of phosphoric acid groups is 3. The molecule has 0 fully saturated rings. The van der Waals surface area contributed by atoms with Gasteiger partial charge in [0.15, 0.2) is 0 Å². The molecule has 0 rings (SSSR count). The van der Waals surface area contributed by atoms with Gasteiger partial charge in [0, 0.05) is 0 Å². The average molecular weight is 671 g/mol. The fourth-order valence-corrected chi connectivity index (χ4v) is 0.889. The molecule has 164 valence electrons. The third-order valence-corrected chi connectivity index (χ3v) is 1.61. The van der Waals surface area contributed by atoms with E-state index in [1.165, 1.54) is 0 Å². The van der Waals surface area contributed by atoms with Crippen LogP contribution in [0.3, 0.4) is 0 Å². The molecule has 3 unspecified atom stereocenters. The molecule has 21 nitrogen and oxygen atoms in total. The zero-order chi connectivity index (χ0) is 22.5. The Morgan fingerprint density at radius 3 is 0.786 bits per heavy atom. The van der Waals surface area contributed by atoms with Gasteiger partial charge in [-0.3, -0.25) is 13.7 Å². The molecular formula is C3H15BiN9O12P3. The van der Waals surface area contributed by atoms with Crippen molar-refractivity contribution < 1.29 is 56.9 Å². The van der Waals surface area contributed by atoms with Gasteiger partial charge in [0.2, 0.25) is 17.9 Å². The molecule has 0 aromatic rings. The van der Waals surface area contributed by atoms with Crippen LogP contribution < -0.4 is 49.1 Å². The van der Waals surface area contributed by atoms with Gasteiger partial charge in [-0.1, -0.05) is 0 Å². The van der Waals surface area contributed by atoms with Gasteiger partial charge in [-0.2, -0.15) is 0 Å². The van der Waals surface area contributed by atoms with E-state index in [-0.39, 0.29) is 26.2 Å². The Balaban J connectivity index is -0.000000152. The van der Waals surface area contributed by atoms with Crippen LogP contribution >= 0.6 is 23.5 Å². The molecule has 0 aromatic carbocycles. The predicted molar refractivity (Wildman–Crippen MR) is 85.9 cm³/mol. The van der Waals surface area contributed by atoms with E-state index in [1.54, 1.807) is 0 Å². The Morgan fingerprint density at radius 2 is 0.750 bits per heavy atom. The molecule has 0 aliphatic carbocycles. The van der Waals surface area contributed by atoms with E-state index in [4.69, 9.17) is 14.7 Å². The summed E-state index contributed by atoms with van der Waals surface area (Å²) in [5, 5.41) is 7.63. The van der Waals surface area contributed by atoms with Crippen molar-refractivity contribution in [3.8, 4) is 0 Å². The monoisotopic (exact) mass is 671 g/mol. The summed E-state index contributed by atoms with van der Waals surface area (Å²) < 4.78 is 39.2. The largest absolute Gasteiger partial charge is 3.00 e. The van der Waals surface area contributed by atoms with Crippen LogP contribution in [-0.2, 0) is 27.6 Å². The molecule has 0 saturated carbocycles. The van der Waals surface area contributed by atoms with Gasteiger partial charge in [-0.15, -0.1) is 0 Å². The molecule has 0 aromatic heterocycles. The number of hydrogen-bond donors (Lipinski definition) is 9. The third kappa shape index (κ3) is 49.7. The van der Waals surface area contributed by atoms with Crippen LogP contribution in [0.25, 0.3) is 0 Å². The smallest absolute Gasteiger partial charge is 0.745 e. The number of nitrogens with two attached hydrogens (primary N) is 6. The van der Waals surface area contributed by atoms with Crippen LogP contribution in [0.4, 0.5) is 0 Å². The first-order valence-electron chi connectivity index (χ1n) is 5.19. The Morgan fingerprint density at radius 1 is 0.607 bits per heavy atom. The fraction of sp³-hybridized carbons (Fsp3) is 0. The van der Waals surface area contributed by atoms with E-state index in [0.717, 1.165) is 0 Å². The SMILES string of the molecule is NC(N)=NOP(=O)([O-])O.NC(N)=NOP(=O)([O-])O.NC(N)=NOP(=O)([O-])O.[Bi+3]. The van der Waals surface area contributed by atoms with Crippen molar-refractivity contribution in [2.75, 3.05) is 0 Å². The van der Waals surface area contributed by atoms with Crippen molar-refractivity contribution in [3.05, 3.63) is 0 Å². The first-order chi connectivity index (χ1) is 11.7. The third-order valence-electron chi connectivity index (χ3n) is 0.748. The summed E-state index contributed by atoms with van der Waals surface area (Å²) in [4.78, 5) is 52.5. The molecule has 28 heavy (non-hydrogen) atoms. The molecule has 0 bridgehead atoms. The molecule has 3 atom stereocenters. The summed E-state index contributed by atoms with van der Waals surface area (Å²) in [7, 11) is -14.5. The zero-order valence-electron chi connectivity index (χ0n) is 13.1. The van der Waals surface area contributed by atoms with Crippen molar-refractivity contribution in [3.63, 3.8) is 0 Å². The first-order valence-corrected chi connectivity index (χ1v) is 9.68. The number of hydrogen-bond acceptors (Lipinski definition) is 12. The van der Waals surface area contributed by atoms with Crippen LogP contribution in [0.5, 0.6) is 0 Å². The zero-order valence-corrected chi connectivity index (χ0v) is 19.3. The number of rotatable bonds is 6. The van der Waals surface area contributed by atoms with Gasteiger partial charge in [0.1, 0.15) is 0 Å². The van der Waals surface area contributed by atoms with Crippen molar-refractivity contribution >= 4 is 67.6 Å². The fourth-order valence-electron chi connectivity index (χ4n) is 0.296. The number of oxime groups is 3. The molecule has 0 spiro atoms. The van der Waals surface area contributed by atoms with Gasteiger partial charge < -0.3 is 77.6 Å². The maximum absolute atomic E-state index is 9.68. The van der Waals surface area contributed by atoms with E-state index in [1.807, 2.05) is 0 Å². The summed E-state index contributed by atoms with van der Waals surface area (Å²) in [6.07, 6.45) is 0. The van der Waals surface area contributed by atoms with Crippen molar-refractivity contribution in [1.29, 1.82) is 0 Å². The topological polar surface area (TPSA) is 402 Å². The summed E-state index contributed by atoms with van der Waals surface area (Å²) in [6.45, 7) is 0. The van der Waals surface area contributed by atoms with E-state index in [9.17, 15) is 28.4 Å². The minimum Gasteiger partial charge on any atom is -0.745 e. The Bertz CT molecular complexity index is 562. The predicted octanol–water partition coefficient (Wildman–Crippen LogP) is -7.42. The standard InChI is InChI=1S/3CH6N3O4P.Bi/c3*2-1(3)4-8-9(5,6)7;/h3*(H4,2,3,4)(H2,5,6,7);/q;;;+3/p-3. The Kier molecular flexibility index (Phi) is 18.8. The van der Waals surface area contributed by atoms with Gasteiger partial charge in [-0.25, -0.2) is 0 Å². The second-order valence-corrected chi connectivity index (χ2v) is 6.50. The van der Waals surface area contributed by atoms with Crippen LogP contribution in [0.2, 0.25) is 0 Å². The first kappa shape index (κ1) is 34.1. The minimum absolute atomic E-state index is 0. The molecule has 0 saturated heterocycles. The molecule has 15 N–H and O–H groups in total. The summed E-state index contributed by atoms with van der Waals surface area (Å²) >= 11 is 0. The average Bonchev–Trinajstić information content (AvgIpc) is 2.40. The van der Waals surface area contributed by atoms with E-state index in [2.05, 4.69) is 63.7 Å². The van der Waals surface area contributed by atoms with Gasteiger partial charge in [0.05, 0.1) is 0 Å². The maximum atomic E-state index is 9.68. The second kappa shape index (κ2) is 15.5. The summed E-state index contributed by atoms with van der Waals surface area (Å²) in [5.41, 5.74) is 27.8. The normalized spacial score (nSPS) is 15.2. The van der Waals surface area contributed by atoms with Crippen LogP contribution in [0, 0.1) is 0 Å². The van der Waals surface area contributed by atoms with Crippen molar-refractivity contribution in [1.82, 2.24) is 0 Å². The summed E-state index contributed by atoms with van der Waals surface area (Å²) in [6, 6.07) is 0. The summed E-state index contributed by atoms with van der Waals surface area (Å²) in [5.74, 6) is -1.75. The molecule has 0 aliphatic heterocycles. The number of guanidine groups is 3. The van der Waals surface area contributed by atoms with Gasteiger partial charge in [-0.05, 0) is 15.5 Å². The molecular weight excluding hydrogens is 656 g/mol. The van der Waals surface area contributed by atoms with E-state index < -0.39 is 41.3 Å². The molecule has 2 radical (unpaired) electrons. The van der Waals surface area contributed by atoms with Crippen LogP contribution in [0.15, 0.2) is 15.5 Å². The van der Waals surface area contributed by atoms with Crippen molar-refractivity contribution in [2.24, 2.45) is 49.9 Å². The molecule has 0 aliphatic rings. The number of nitrogens with zero attached hydrogens (tertiary/aromatic N) is 3. The maximum Gasteiger partial charge on any atom is 3.00 e. The Hall–Kier alpha value is -1.46. The van der Waals surface area contributed by atoms with Gasteiger partial charge >= 0.3 is 49.7 Å². The van der Waals surface area contributed by atoms with Crippen LogP contribution in [-0.4, -0.2) is 58.8 Å². The van der Waals surface area contributed by atoms with Crippen molar-refractivity contribution in [2.45, 2.75) is 0 Å². The molecule has 25 heteroatoms. The molecule has 0 amide bonds. The van der Waals surface area contributed by atoms with E-state index in [0.29, 0.717) is 0 Å². The minimum atomic E-state index is -4.82. The molecule has 0 heterocycles.